The van der Waals surface area contributed by atoms with Crippen LogP contribution in [0, 0.1) is 35.1 Å². The summed E-state index contributed by atoms with van der Waals surface area (Å²) in [6.07, 6.45) is 3.49. The smallest absolute Gasteiger partial charge is 0.139 e. The average molecular weight is 446 g/mol. The lowest BCUT2D eigenvalue weighted by Crippen LogP contribution is -1.96. The van der Waals surface area contributed by atoms with Crippen LogP contribution in [0.5, 0.6) is 0 Å². The number of aryl methyl sites for hydroxylation is 1. The first kappa shape index (κ1) is 22.6. The fourth-order valence-electron chi connectivity index (χ4n) is 3.83. The zero-order valence-corrected chi connectivity index (χ0v) is 18.2. The summed E-state index contributed by atoms with van der Waals surface area (Å²) >= 11 is 0. The minimum Gasteiger partial charge on any atom is -0.207 e. The van der Waals surface area contributed by atoms with Crippen LogP contribution in [-0.2, 0) is 6.42 Å². The first-order valence-corrected chi connectivity index (χ1v) is 10.9. The van der Waals surface area contributed by atoms with E-state index >= 15 is 0 Å². The number of rotatable bonds is 5. The van der Waals surface area contributed by atoms with Crippen molar-refractivity contribution in [1.29, 1.82) is 0 Å². The zero-order valence-electron chi connectivity index (χ0n) is 18.2. The highest BCUT2D eigenvalue weighted by molar-refractivity contribution is 5.84. The summed E-state index contributed by atoms with van der Waals surface area (Å²) in [7, 11) is 0. The molecule has 0 radical (unpaired) electrons. The molecule has 0 bridgehead atoms. The van der Waals surface area contributed by atoms with Crippen molar-refractivity contribution in [3.8, 4) is 23.0 Å². The molecular formula is C29H22F4. The van der Waals surface area contributed by atoms with Crippen LogP contribution < -0.4 is 0 Å². The Hall–Kier alpha value is -3.58. The van der Waals surface area contributed by atoms with Crippen molar-refractivity contribution in [1.82, 2.24) is 0 Å². The molecule has 4 rings (SSSR count). The van der Waals surface area contributed by atoms with Crippen molar-refractivity contribution in [3.05, 3.63) is 107 Å². The monoisotopic (exact) mass is 446 g/mol. The van der Waals surface area contributed by atoms with E-state index in [9.17, 15) is 17.6 Å². The van der Waals surface area contributed by atoms with Crippen molar-refractivity contribution in [3.63, 3.8) is 0 Å². The fourth-order valence-corrected chi connectivity index (χ4v) is 3.83. The topological polar surface area (TPSA) is 0 Å². The molecule has 0 atom stereocenters. The van der Waals surface area contributed by atoms with Gasteiger partial charge in [-0.1, -0.05) is 49.8 Å². The van der Waals surface area contributed by atoms with E-state index in [1.807, 2.05) is 0 Å². The number of unbranched alkanes of at least 4 members (excludes halogenated alkanes) is 2. The van der Waals surface area contributed by atoms with Crippen molar-refractivity contribution in [2.24, 2.45) is 0 Å². The lowest BCUT2D eigenvalue weighted by Gasteiger charge is -2.09. The number of hydrogen-bond donors (Lipinski definition) is 0. The Labute approximate surface area is 190 Å². The lowest BCUT2D eigenvalue weighted by atomic mass is 9.98. The van der Waals surface area contributed by atoms with Crippen molar-refractivity contribution < 1.29 is 17.6 Å². The number of halogens is 4. The summed E-state index contributed by atoms with van der Waals surface area (Å²) < 4.78 is 57.3. The molecule has 0 spiro atoms. The van der Waals surface area contributed by atoms with Gasteiger partial charge in [0.2, 0.25) is 0 Å². The van der Waals surface area contributed by atoms with Gasteiger partial charge in [-0.2, -0.15) is 0 Å². The zero-order chi connectivity index (χ0) is 23.4. The Bertz CT molecular complexity index is 1350. The maximum Gasteiger partial charge on any atom is 0.139 e. The highest BCUT2D eigenvalue weighted by Gasteiger charge is 2.15. The van der Waals surface area contributed by atoms with E-state index in [2.05, 4.69) is 18.8 Å². The molecule has 0 N–H and O–H groups in total. The van der Waals surface area contributed by atoms with Gasteiger partial charge in [0.1, 0.15) is 23.3 Å². The van der Waals surface area contributed by atoms with E-state index in [0.717, 1.165) is 36.1 Å². The first-order valence-electron chi connectivity index (χ1n) is 10.9. The Morgan fingerprint density at radius 2 is 1.39 bits per heavy atom. The van der Waals surface area contributed by atoms with Gasteiger partial charge < -0.3 is 0 Å². The molecular weight excluding hydrogens is 424 g/mol. The van der Waals surface area contributed by atoms with Crippen molar-refractivity contribution in [2.45, 2.75) is 32.6 Å². The van der Waals surface area contributed by atoms with Gasteiger partial charge in [0, 0.05) is 5.56 Å². The van der Waals surface area contributed by atoms with E-state index < -0.39 is 17.5 Å². The Kier molecular flexibility index (Phi) is 6.79. The minimum absolute atomic E-state index is 0.120. The third-order valence-electron chi connectivity index (χ3n) is 5.57. The summed E-state index contributed by atoms with van der Waals surface area (Å²) in [5.74, 6) is 3.28. The molecule has 0 saturated carbocycles. The van der Waals surface area contributed by atoms with Gasteiger partial charge in [0.05, 0.1) is 11.1 Å². The Morgan fingerprint density at radius 1 is 0.667 bits per heavy atom. The second-order valence-corrected chi connectivity index (χ2v) is 8.04. The van der Waals surface area contributed by atoms with Gasteiger partial charge in [-0.15, -0.1) is 0 Å². The third-order valence-corrected chi connectivity index (χ3v) is 5.57. The SMILES string of the molecule is CCCCCc1cc(F)c(-c2ccc(C#Cc3ccc4cc(F)ccc4c3)c(F)c2)c(F)c1. The third kappa shape index (κ3) is 5.26. The summed E-state index contributed by atoms with van der Waals surface area (Å²) in [4.78, 5) is 0. The van der Waals surface area contributed by atoms with Gasteiger partial charge in [-0.3, -0.25) is 0 Å². The second kappa shape index (κ2) is 9.92. The number of benzene rings is 4. The van der Waals surface area contributed by atoms with Crippen LogP contribution in [-0.4, -0.2) is 0 Å². The summed E-state index contributed by atoms with van der Waals surface area (Å²) in [6, 6.07) is 16.4. The second-order valence-electron chi connectivity index (χ2n) is 8.04. The van der Waals surface area contributed by atoms with E-state index in [1.165, 1.54) is 36.4 Å². The highest BCUT2D eigenvalue weighted by Crippen LogP contribution is 2.29. The van der Waals surface area contributed by atoms with E-state index in [1.54, 1.807) is 24.3 Å². The van der Waals surface area contributed by atoms with Crippen LogP contribution in [0.2, 0.25) is 0 Å². The van der Waals surface area contributed by atoms with Crippen molar-refractivity contribution >= 4 is 10.8 Å². The molecule has 33 heavy (non-hydrogen) atoms. The number of fused-ring (bicyclic) bond motifs is 1. The Balaban J connectivity index is 1.59. The fraction of sp³-hybridized carbons (Fsp3) is 0.172. The molecule has 0 aliphatic carbocycles. The molecule has 4 aromatic rings. The van der Waals surface area contributed by atoms with E-state index in [4.69, 9.17) is 0 Å². The van der Waals surface area contributed by atoms with Gasteiger partial charge in [-0.25, -0.2) is 17.6 Å². The molecule has 0 fully saturated rings. The molecule has 0 heterocycles. The summed E-state index contributed by atoms with van der Waals surface area (Å²) in [6.45, 7) is 2.07. The van der Waals surface area contributed by atoms with Crippen LogP contribution in [0.1, 0.15) is 42.9 Å². The van der Waals surface area contributed by atoms with Gasteiger partial charge in [-0.05, 0) is 83.3 Å². The number of hydrogen-bond acceptors (Lipinski definition) is 0. The first-order chi connectivity index (χ1) is 15.9. The normalized spacial score (nSPS) is 10.8. The molecule has 0 aliphatic rings. The van der Waals surface area contributed by atoms with Crippen LogP contribution in [0.15, 0.2) is 66.7 Å². The van der Waals surface area contributed by atoms with Crippen LogP contribution in [0.4, 0.5) is 17.6 Å². The molecule has 0 unspecified atom stereocenters. The standard InChI is InChI=1S/C29H22F4/c1-2-3-4-5-20-15-27(32)29(28(33)16-20)24-11-10-21(26(31)18-24)8-6-19-7-9-23-17-25(30)13-12-22(23)14-19/h7,9-18H,2-5H2,1H3. The van der Waals surface area contributed by atoms with Crippen LogP contribution in [0.3, 0.4) is 0 Å². The maximum absolute atomic E-state index is 14.7. The lowest BCUT2D eigenvalue weighted by molar-refractivity contribution is 0.583. The Morgan fingerprint density at radius 3 is 2.12 bits per heavy atom. The molecule has 166 valence electrons. The molecule has 0 saturated heterocycles. The van der Waals surface area contributed by atoms with Gasteiger partial charge in [0.15, 0.2) is 0 Å². The molecule has 0 aliphatic heterocycles. The molecule has 4 heteroatoms. The van der Waals surface area contributed by atoms with Crippen LogP contribution in [0.25, 0.3) is 21.9 Å². The van der Waals surface area contributed by atoms with Gasteiger partial charge in [0.25, 0.3) is 0 Å². The predicted molar refractivity (Wildman–Crippen MR) is 125 cm³/mol. The molecule has 4 aromatic carbocycles. The van der Waals surface area contributed by atoms with Gasteiger partial charge >= 0.3 is 0 Å². The molecule has 0 amide bonds. The largest absolute Gasteiger partial charge is 0.207 e. The van der Waals surface area contributed by atoms with E-state index in [-0.39, 0.29) is 22.5 Å². The van der Waals surface area contributed by atoms with Crippen LogP contribution >= 0.6 is 0 Å². The minimum atomic E-state index is -0.702. The highest BCUT2D eigenvalue weighted by atomic mass is 19.1. The quantitative estimate of drug-likeness (QED) is 0.165. The van der Waals surface area contributed by atoms with Crippen molar-refractivity contribution in [2.75, 3.05) is 0 Å². The summed E-state index contributed by atoms with van der Waals surface area (Å²) in [5, 5.41) is 1.57. The average Bonchev–Trinajstić information content (AvgIpc) is 2.78. The van der Waals surface area contributed by atoms with E-state index in [0.29, 0.717) is 17.5 Å². The molecule has 0 nitrogen and oxygen atoms in total. The molecule has 0 aromatic heterocycles. The predicted octanol–water partition coefficient (Wildman–Crippen LogP) is 8.20. The summed E-state index contributed by atoms with van der Waals surface area (Å²) in [5.41, 5.74) is 1.25. The maximum atomic E-state index is 14.7.